The van der Waals surface area contributed by atoms with Crippen LogP contribution in [-0.2, 0) is 17.8 Å². The standard InChI is InChI=1S/C20H20N2O3S/c1-14-3-5-15(6-4-14)21-19(23)11-20-22-16(13-26-20)12-25-18-9-7-17(24-2)8-10-18/h3-10,13H,11-12H2,1-2H3,(H,21,23). The van der Waals surface area contributed by atoms with Crippen molar-refractivity contribution in [3.8, 4) is 11.5 Å². The van der Waals surface area contributed by atoms with E-state index in [4.69, 9.17) is 9.47 Å². The molecular weight excluding hydrogens is 348 g/mol. The Kier molecular flexibility index (Phi) is 5.86. The van der Waals surface area contributed by atoms with Crippen molar-refractivity contribution in [3.05, 3.63) is 70.2 Å². The summed E-state index contributed by atoms with van der Waals surface area (Å²) in [5.74, 6) is 1.45. The van der Waals surface area contributed by atoms with E-state index in [2.05, 4.69) is 10.3 Å². The third-order valence-electron chi connectivity index (χ3n) is 3.69. The fraction of sp³-hybridized carbons (Fsp3) is 0.200. The normalized spacial score (nSPS) is 10.4. The lowest BCUT2D eigenvalue weighted by Crippen LogP contribution is -2.14. The Hall–Kier alpha value is -2.86. The van der Waals surface area contributed by atoms with E-state index in [0.29, 0.717) is 6.61 Å². The van der Waals surface area contributed by atoms with E-state index < -0.39 is 0 Å². The summed E-state index contributed by atoms with van der Waals surface area (Å²) in [6.07, 6.45) is 0.251. The molecule has 1 N–H and O–H groups in total. The number of carbonyl (C=O) groups is 1. The molecule has 134 valence electrons. The molecule has 0 saturated carbocycles. The number of rotatable bonds is 7. The summed E-state index contributed by atoms with van der Waals surface area (Å²) in [6.45, 7) is 2.37. The molecule has 0 radical (unpaired) electrons. The molecule has 5 nitrogen and oxygen atoms in total. The number of hydrogen-bond acceptors (Lipinski definition) is 5. The zero-order valence-electron chi connectivity index (χ0n) is 14.7. The fourth-order valence-electron chi connectivity index (χ4n) is 2.31. The topological polar surface area (TPSA) is 60.5 Å². The van der Waals surface area contributed by atoms with Gasteiger partial charge in [-0.1, -0.05) is 17.7 Å². The van der Waals surface area contributed by atoms with Crippen LogP contribution in [-0.4, -0.2) is 18.0 Å². The van der Waals surface area contributed by atoms with Crippen LogP contribution in [0, 0.1) is 6.92 Å². The molecule has 1 amide bonds. The SMILES string of the molecule is COc1ccc(OCc2csc(CC(=O)Nc3ccc(C)cc3)n2)cc1. The van der Waals surface area contributed by atoms with Gasteiger partial charge < -0.3 is 14.8 Å². The fourth-order valence-corrected chi connectivity index (χ4v) is 3.08. The Morgan fingerprint density at radius 3 is 2.46 bits per heavy atom. The minimum Gasteiger partial charge on any atom is -0.497 e. The first-order chi connectivity index (χ1) is 12.6. The average molecular weight is 368 g/mol. The minimum atomic E-state index is -0.0779. The number of aryl methyl sites for hydroxylation is 1. The summed E-state index contributed by atoms with van der Waals surface area (Å²) in [6, 6.07) is 15.1. The molecule has 0 atom stereocenters. The molecule has 0 fully saturated rings. The second kappa shape index (κ2) is 8.49. The van der Waals surface area contributed by atoms with Gasteiger partial charge >= 0.3 is 0 Å². The first-order valence-corrected chi connectivity index (χ1v) is 9.07. The van der Waals surface area contributed by atoms with Crippen molar-refractivity contribution < 1.29 is 14.3 Å². The molecule has 0 bridgehead atoms. The van der Waals surface area contributed by atoms with Gasteiger partial charge in [0.05, 0.1) is 19.2 Å². The van der Waals surface area contributed by atoms with Crippen LogP contribution < -0.4 is 14.8 Å². The second-order valence-corrected chi connectivity index (χ2v) is 6.73. The number of aromatic nitrogens is 1. The molecule has 1 heterocycles. The highest BCUT2D eigenvalue weighted by atomic mass is 32.1. The number of amides is 1. The lowest BCUT2D eigenvalue weighted by atomic mass is 10.2. The number of ether oxygens (including phenoxy) is 2. The summed E-state index contributed by atoms with van der Waals surface area (Å²) in [4.78, 5) is 16.6. The number of thiazole rings is 1. The van der Waals surface area contributed by atoms with Gasteiger partial charge in [0, 0.05) is 11.1 Å². The van der Waals surface area contributed by atoms with E-state index in [9.17, 15) is 4.79 Å². The largest absolute Gasteiger partial charge is 0.497 e. The predicted octanol–water partition coefficient (Wildman–Crippen LogP) is 4.22. The van der Waals surface area contributed by atoms with Crippen LogP contribution in [0.3, 0.4) is 0 Å². The maximum absolute atomic E-state index is 12.1. The zero-order valence-corrected chi connectivity index (χ0v) is 15.5. The van der Waals surface area contributed by atoms with Crippen LogP contribution in [0.1, 0.15) is 16.3 Å². The van der Waals surface area contributed by atoms with Crippen molar-refractivity contribution in [2.24, 2.45) is 0 Å². The molecule has 0 aliphatic rings. The van der Waals surface area contributed by atoms with Crippen LogP contribution in [0.15, 0.2) is 53.9 Å². The molecule has 0 saturated heterocycles. The van der Waals surface area contributed by atoms with Gasteiger partial charge in [-0.2, -0.15) is 0 Å². The van der Waals surface area contributed by atoms with Gasteiger partial charge in [-0.05, 0) is 43.3 Å². The molecule has 0 aliphatic carbocycles. The van der Waals surface area contributed by atoms with Crippen LogP contribution in [0.2, 0.25) is 0 Å². The summed E-state index contributed by atoms with van der Waals surface area (Å²) in [5, 5.41) is 5.56. The molecule has 1 aromatic heterocycles. The molecule has 6 heteroatoms. The highest BCUT2D eigenvalue weighted by Gasteiger charge is 2.09. The first-order valence-electron chi connectivity index (χ1n) is 8.19. The van der Waals surface area contributed by atoms with Gasteiger partial charge in [-0.25, -0.2) is 4.98 Å². The summed E-state index contributed by atoms with van der Waals surface area (Å²) in [5.41, 5.74) is 2.76. The molecule has 2 aromatic carbocycles. The van der Waals surface area contributed by atoms with E-state index in [0.717, 1.165) is 33.5 Å². The lowest BCUT2D eigenvalue weighted by molar-refractivity contribution is -0.115. The van der Waals surface area contributed by atoms with E-state index in [1.165, 1.54) is 11.3 Å². The molecule has 3 rings (SSSR count). The Morgan fingerprint density at radius 2 is 1.77 bits per heavy atom. The number of methoxy groups -OCH3 is 1. The van der Waals surface area contributed by atoms with Gasteiger partial charge in [0.1, 0.15) is 23.1 Å². The van der Waals surface area contributed by atoms with Crippen LogP contribution in [0.5, 0.6) is 11.5 Å². The molecule has 0 unspecified atom stereocenters. The maximum Gasteiger partial charge on any atom is 0.231 e. The molecule has 0 aliphatic heterocycles. The highest BCUT2D eigenvalue weighted by molar-refractivity contribution is 7.09. The van der Waals surface area contributed by atoms with Crippen LogP contribution >= 0.6 is 11.3 Å². The Bertz CT molecular complexity index is 858. The second-order valence-electron chi connectivity index (χ2n) is 5.79. The zero-order chi connectivity index (χ0) is 18.4. The molecule has 3 aromatic rings. The van der Waals surface area contributed by atoms with Crippen molar-refractivity contribution in [2.45, 2.75) is 20.0 Å². The summed E-state index contributed by atoms with van der Waals surface area (Å²) >= 11 is 1.46. The number of nitrogens with one attached hydrogen (secondary N) is 1. The molecular formula is C20H20N2O3S. The number of nitrogens with zero attached hydrogens (tertiary/aromatic N) is 1. The maximum atomic E-state index is 12.1. The monoisotopic (exact) mass is 368 g/mol. The van der Waals surface area contributed by atoms with E-state index in [1.807, 2.05) is 60.8 Å². The minimum absolute atomic E-state index is 0.0779. The quantitative estimate of drug-likeness (QED) is 0.678. The molecule has 0 spiro atoms. The number of hydrogen-bond donors (Lipinski definition) is 1. The third-order valence-corrected chi connectivity index (χ3v) is 4.59. The Balaban J connectivity index is 1.50. The van der Waals surface area contributed by atoms with Crippen molar-refractivity contribution >= 4 is 22.9 Å². The van der Waals surface area contributed by atoms with E-state index in [1.54, 1.807) is 7.11 Å². The number of anilines is 1. The Labute approximate surface area is 156 Å². The number of carbonyl (C=O) groups excluding carboxylic acids is 1. The van der Waals surface area contributed by atoms with Crippen molar-refractivity contribution in [1.82, 2.24) is 4.98 Å². The van der Waals surface area contributed by atoms with E-state index in [-0.39, 0.29) is 12.3 Å². The first kappa shape index (κ1) is 17.9. The highest BCUT2D eigenvalue weighted by Crippen LogP contribution is 2.19. The molecule has 26 heavy (non-hydrogen) atoms. The van der Waals surface area contributed by atoms with Gasteiger partial charge in [0.15, 0.2) is 0 Å². The van der Waals surface area contributed by atoms with Crippen LogP contribution in [0.4, 0.5) is 5.69 Å². The third kappa shape index (κ3) is 5.07. The lowest BCUT2D eigenvalue weighted by Gasteiger charge is -2.05. The van der Waals surface area contributed by atoms with Crippen molar-refractivity contribution in [2.75, 3.05) is 12.4 Å². The summed E-state index contributed by atoms with van der Waals surface area (Å²) < 4.78 is 10.8. The smallest absolute Gasteiger partial charge is 0.231 e. The van der Waals surface area contributed by atoms with Gasteiger partial charge in [-0.15, -0.1) is 11.3 Å². The average Bonchev–Trinajstić information content (AvgIpc) is 3.09. The van der Waals surface area contributed by atoms with Crippen LogP contribution in [0.25, 0.3) is 0 Å². The van der Waals surface area contributed by atoms with Crippen molar-refractivity contribution in [3.63, 3.8) is 0 Å². The van der Waals surface area contributed by atoms with Gasteiger partial charge in [0.2, 0.25) is 5.91 Å². The summed E-state index contributed by atoms with van der Waals surface area (Å²) in [7, 11) is 1.63. The van der Waals surface area contributed by atoms with Crippen molar-refractivity contribution in [1.29, 1.82) is 0 Å². The van der Waals surface area contributed by atoms with E-state index >= 15 is 0 Å². The predicted molar refractivity (Wildman–Crippen MR) is 103 cm³/mol. The van der Waals surface area contributed by atoms with Gasteiger partial charge in [-0.3, -0.25) is 4.79 Å². The van der Waals surface area contributed by atoms with Gasteiger partial charge in [0.25, 0.3) is 0 Å². The Morgan fingerprint density at radius 1 is 1.08 bits per heavy atom. The number of benzene rings is 2.